The third-order valence-electron chi connectivity index (χ3n) is 5.54. The lowest BCUT2D eigenvalue weighted by molar-refractivity contribution is 0.246. The maximum Gasteiger partial charge on any atom is 0.138 e. The zero-order valence-electron chi connectivity index (χ0n) is 15.6. The first kappa shape index (κ1) is 16.4. The molecule has 1 saturated heterocycles. The Bertz CT molecular complexity index is 870. The molecule has 1 aliphatic heterocycles. The molecule has 4 heteroatoms. The Morgan fingerprint density at radius 3 is 2.76 bits per heavy atom. The van der Waals surface area contributed by atoms with E-state index < -0.39 is 0 Å². The van der Waals surface area contributed by atoms with Crippen molar-refractivity contribution in [2.75, 3.05) is 6.54 Å². The zero-order valence-corrected chi connectivity index (χ0v) is 15.6. The number of aryl methyl sites for hydroxylation is 2. The Balaban J connectivity index is 1.69. The van der Waals surface area contributed by atoms with Crippen LogP contribution < -0.4 is 0 Å². The van der Waals surface area contributed by atoms with Crippen LogP contribution in [-0.2, 0) is 6.54 Å². The maximum atomic E-state index is 5.43. The third kappa shape index (κ3) is 2.78. The molecule has 0 radical (unpaired) electrons. The van der Waals surface area contributed by atoms with E-state index in [1.807, 2.05) is 6.92 Å². The van der Waals surface area contributed by atoms with Gasteiger partial charge in [0.25, 0.3) is 0 Å². The molecular weight excluding hydrogens is 310 g/mol. The summed E-state index contributed by atoms with van der Waals surface area (Å²) in [5, 5.41) is 5.55. The summed E-state index contributed by atoms with van der Waals surface area (Å²) in [7, 11) is 0. The highest BCUT2D eigenvalue weighted by Gasteiger charge is 2.31. The van der Waals surface area contributed by atoms with Crippen molar-refractivity contribution in [3.63, 3.8) is 0 Å². The first-order valence-electron chi connectivity index (χ1n) is 9.31. The quantitative estimate of drug-likeness (QED) is 0.659. The Kier molecular flexibility index (Phi) is 4.16. The van der Waals surface area contributed by atoms with E-state index in [2.05, 4.69) is 65.9 Å². The fourth-order valence-electron chi connectivity index (χ4n) is 4.36. The Morgan fingerprint density at radius 1 is 1.24 bits per heavy atom. The number of rotatable bonds is 4. The summed E-state index contributed by atoms with van der Waals surface area (Å²) in [6.45, 7) is 10.7. The van der Waals surface area contributed by atoms with Gasteiger partial charge in [-0.05, 0) is 58.7 Å². The van der Waals surface area contributed by atoms with Crippen LogP contribution in [0.2, 0.25) is 0 Å². The van der Waals surface area contributed by atoms with Gasteiger partial charge < -0.3 is 9.09 Å². The van der Waals surface area contributed by atoms with E-state index in [-0.39, 0.29) is 0 Å². The van der Waals surface area contributed by atoms with E-state index >= 15 is 0 Å². The highest BCUT2D eigenvalue weighted by Crippen LogP contribution is 2.37. The highest BCUT2D eigenvalue weighted by molar-refractivity contribution is 5.84. The van der Waals surface area contributed by atoms with Gasteiger partial charge in [0.2, 0.25) is 0 Å². The van der Waals surface area contributed by atoms with Crippen LogP contribution in [0.3, 0.4) is 0 Å². The lowest BCUT2D eigenvalue weighted by Crippen LogP contribution is -2.23. The molecule has 0 aliphatic carbocycles. The topological polar surface area (TPSA) is 34.2 Å². The molecule has 0 bridgehead atoms. The second-order valence-corrected chi connectivity index (χ2v) is 7.54. The number of nitrogens with zero attached hydrogens (tertiary/aromatic N) is 3. The molecular formula is C21H27N3O. The first-order valence-corrected chi connectivity index (χ1v) is 9.31. The molecule has 4 nitrogen and oxygen atoms in total. The van der Waals surface area contributed by atoms with Crippen LogP contribution in [-0.4, -0.2) is 21.2 Å². The van der Waals surface area contributed by atoms with Crippen LogP contribution in [0.5, 0.6) is 0 Å². The number of hydrogen-bond acceptors (Lipinski definition) is 3. The zero-order chi connectivity index (χ0) is 17.6. The van der Waals surface area contributed by atoms with Crippen molar-refractivity contribution in [1.82, 2.24) is 14.6 Å². The van der Waals surface area contributed by atoms with Crippen LogP contribution in [0, 0.1) is 13.8 Å². The van der Waals surface area contributed by atoms with Crippen molar-refractivity contribution < 1.29 is 4.52 Å². The molecule has 3 aromatic rings. The Labute approximate surface area is 149 Å². The Morgan fingerprint density at radius 2 is 2.04 bits per heavy atom. The van der Waals surface area contributed by atoms with E-state index in [9.17, 15) is 0 Å². The molecule has 3 heterocycles. The summed E-state index contributed by atoms with van der Waals surface area (Å²) in [6.07, 6.45) is 4.77. The van der Waals surface area contributed by atoms with Gasteiger partial charge in [0, 0.05) is 41.3 Å². The van der Waals surface area contributed by atoms with Crippen molar-refractivity contribution >= 4 is 10.9 Å². The van der Waals surface area contributed by atoms with Gasteiger partial charge in [0.1, 0.15) is 5.76 Å². The van der Waals surface area contributed by atoms with Gasteiger partial charge in [-0.25, -0.2) is 0 Å². The van der Waals surface area contributed by atoms with Gasteiger partial charge in [-0.2, -0.15) is 0 Å². The molecule has 4 rings (SSSR count). The molecule has 0 amide bonds. The SMILES string of the molecule is Cc1noc(C)c1C1CCCN1Cc1cn(C(C)C)c2ccccc12. The molecule has 1 unspecified atom stereocenters. The summed E-state index contributed by atoms with van der Waals surface area (Å²) >= 11 is 0. The van der Waals surface area contributed by atoms with E-state index in [4.69, 9.17) is 4.52 Å². The van der Waals surface area contributed by atoms with Crippen molar-refractivity contribution in [2.24, 2.45) is 0 Å². The molecule has 132 valence electrons. The molecule has 1 aliphatic rings. The standard InChI is InChI=1S/C21H27N3O/c1-14(2)24-13-17(18-8-5-6-9-19(18)24)12-23-11-7-10-20(23)21-15(3)22-25-16(21)4/h5-6,8-9,13-14,20H,7,10-12H2,1-4H3. The molecule has 25 heavy (non-hydrogen) atoms. The summed E-state index contributed by atoms with van der Waals surface area (Å²) in [5.41, 5.74) is 5.09. The molecule has 1 fully saturated rings. The van der Waals surface area contributed by atoms with Crippen molar-refractivity contribution in [3.8, 4) is 0 Å². The molecule has 1 atom stereocenters. The predicted octanol–water partition coefficient (Wildman–Crippen LogP) is 5.16. The van der Waals surface area contributed by atoms with Gasteiger partial charge in [0.05, 0.1) is 5.69 Å². The number of hydrogen-bond donors (Lipinski definition) is 0. The molecule has 1 aromatic carbocycles. The largest absolute Gasteiger partial charge is 0.361 e. The van der Waals surface area contributed by atoms with Crippen molar-refractivity contribution in [2.45, 2.75) is 59.2 Å². The van der Waals surface area contributed by atoms with Crippen LogP contribution >= 0.6 is 0 Å². The minimum Gasteiger partial charge on any atom is -0.361 e. The van der Waals surface area contributed by atoms with Gasteiger partial charge in [-0.1, -0.05) is 23.4 Å². The maximum absolute atomic E-state index is 5.43. The summed E-state index contributed by atoms with van der Waals surface area (Å²) < 4.78 is 7.83. The normalized spacial score (nSPS) is 18.7. The third-order valence-corrected chi connectivity index (χ3v) is 5.54. The van der Waals surface area contributed by atoms with Gasteiger partial charge in [-0.15, -0.1) is 0 Å². The lowest BCUT2D eigenvalue weighted by Gasteiger charge is -2.24. The second kappa shape index (κ2) is 6.34. The van der Waals surface area contributed by atoms with Crippen LogP contribution in [0.4, 0.5) is 0 Å². The van der Waals surface area contributed by atoms with Gasteiger partial charge in [-0.3, -0.25) is 4.90 Å². The minimum absolute atomic E-state index is 0.424. The fourth-order valence-corrected chi connectivity index (χ4v) is 4.36. The van der Waals surface area contributed by atoms with Crippen molar-refractivity contribution in [1.29, 1.82) is 0 Å². The number of benzene rings is 1. The second-order valence-electron chi connectivity index (χ2n) is 7.54. The number of para-hydroxylation sites is 1. The number of fused-ring (bicyclic) bond motifs is 1. The lowest BCUT2D eigenvalue weighted by atomic mass is 10.0. The van der Waals surface area contributed by atoms with E-state index in [1.165, 1.54) is 34.9 Å². The number of aromatic nitrogens is 2. The van der Waals surface area contributed by atoms with Gasteiger partial charge in [0.15, 0.2) is 0 Å². The van der Waals surface area contributed by atoms with Crippen molar-refractivity contribution in [3.05, 3.63) is 53.0 Å². The monoisotopic (exact) mass is 337 g/mol. The smallest absolute Gasteiger partial charge is 0.138 e. The van der Waals surface area contributed by atoms with E-state index in [1.54, 1.807) is 0 Å². The molecule has 0 N–H and O–H groups in total. The van der Waals surface area contributed by atoms with Crippen LogP contribution in [0.15, 0.2) is 35.0 Å². The summed E-state index contributed by atoms with van der Waals surface area (Å²) in [5.74, 6) is 0.971. The Hall–Kier alpha value is -2.07. The summed E-state index contributed by atoms with van der Waals surface area (Å²) in [6, 6.07) is 9.65. The fraction of sp³-hybridized carbons (Fsp3) is 0.476. The molecule has 2 aromatic heterocycles. The molecule has 0 saturated carbocycles. The first-order chi connectivity index (χ1) is 12.1. The van der Waals surface area contributed by atoms with Crippen LogP contribution in [0.25, 0.3) is 10.9 Å². The highest BCUT2D eigenvalue weighted by atomic mass is 16.5. The molecule has 0 spiro atoms. The van der Waals surface area contributed by atoms with Gasteiger partial charge >= 0.3 is 0 Å². The van der Waals surface area contributed by atoms with E-state index in [0.29, 0.717) is 12.1 Å². The number of likely N-dealkylation sites (tertiary alicyclic amines) is 1. The summed E-state index contributed by atoms with van der Waals surface area (Å²) in [4.78, 5) is 2.60. The predicted molar refractivity (Wildman–Crippen MR) is 101 cm³/mol. The average molecular weight is 337 g/mol. The van der Waals surface area contributed by atoms with E-state index in [0.717, 1.165) is 24.5 Å². The average Bonchev–Trinajstić information content (AvgIpc) is 3.27. The van der Waals surface area contributed by atoms with Crippen LogP contribution in [0.1, 0.15) is 61.4 Å². The minimum atomic E-state index is 0.424.